The van der Waals surface area contributed by atoms with Gasteiger partial charge in [-0.2, -0.15) is 18.8 Å². The largest absolute Gasteiger partial charge is 0.509 e. The van der Waals surface area contributed by atoms with E-state index in [4.69, 9.17) is 9.72 Å². The van der Waals surface area contributed by atoms with Gasteiger partial charge in [0.15, 0.2) is 0 Å². The zero-order valence-corrected chi connectivity index (χ0v) is 30.0. The number of pyridine rings is 1. The number of anilines is 3. The number of hydrogen-bond donors (Lipinski definition) is 0. The molecule has 0 radical (unpaired) electrons. The summed E-state index contributed by atoms with van der Waals surface area (Å²) < 4.78 is 11.2. The minimum atomic E-state index is 0. The smallest absolute Gasteiger partial charge is 0.135 e. The molecule has 8 aromatic rings. The van der Waals surface area contributed by atoms with Crippen LogP contribution >= 0.6 is 11.3 Å². The molecule has 0 unspecified atom stereocenters. The Labute approximate surface area is 298 Å². The molecule has 48 heavy (non-hydrogen) atoms. The molecule has 240 valence electrons. The van der Waals surface area contributed by atoms with E-state index in [2.05, 4.69) is 146 Å². The summed E-state index contributed by atoms with van der Waals surface area (Å²) in [5.41, 5.74) is 6.49. The third kappa shape index (κ3) is 4.89. The van der Waals surface area contributed by atoms with Crippen LogP contribution in [0.25, 0.3) is 47.8 Å². The van der Waals surface area contributed by atoms with E-state index in [9.17, 15) is 0 Å². The molecule has 9 rings (SSSR count). The molecule has 0 atom stereocenters. The second-order valence-electron chi connectivity index (χ2n) is 13.1. The van der Waals surface area contributed by atoms with Gasteiger partial charge in [-0.05, 0) is 53.7 Å². The van der Waals surface area contributed by atoms with Crippen LogP contribution in [0.5, 0.6) is 11.5 Å². The van der Waals surface area contributed by atoms with Gasteiger partial charge < -0.3 is 19.1 Å². The number of benzene rings is 5. The normalized spacial score (nSPS) is 13.1. The fourth-order valence-electron chi connectivity index (χ4n) is 6.69. The standard InChI is InChI=1S/C41H31N4OS.Pt/c1-41(2,3)26-20-21-42-38(22-26)45-34-14-7-5-12-30(34)31-17-16-29(24-36(31)45)46-28-11-9-10-27(23-28)44-25-43(4)35-19-18-33-32-13-6-8-15-37(32)47-40(33)39(35)44;/h5-22,25H,1-4H3;/q-3;. The Kier molecular flexibility index (Phi) is 7.35. The van der Waals surface area contributed by atoms with Gasteiger partial charge in [0.2, 0.25) is 0 Å². The summed E-state index contributed by atoms with van der Waals surface area (Å²) in [6.45, 7) is 8.80. The quantitative estimate of drug-likeness (QED) is 0.166. The number of para-hydroxylation sites is 1. The second-order valence-corrected chi connectivity index (χ2v) is 14.1. The van der Waals surface area contributed by atoms with Crippen LogP contribution in [0, 0.1) is 18.8 Å². The molecule has 4 heterocycles. The fourth-order valence-corrected chi connectivity index (χ4v) is 7.93. The van der Waals surface area contributed by atoms with Gasteiger partial charge in [-0.15, -0.1) is 52.7 Å². The first-order chi connectivity index (χ1) is 22.8. The van der Waals surface area contributed by atoms with Gasteiger partial charge in [0, 0.05) is 65.4 Å². The van der Waals surface area contributed by atoms with Gasteiger partial charge in [-0.3, -0.25) is 0 Å². The summed E-state index contributed by atoms with van der Waals surface area (Å²) >= 11 is 1.83. The number of nitrogens with zero attached hydrogens (tertiary/aromatic N) is 4. The molecule has 1 aliphatic heterocycles. The predicted octanol–water partition coefficient (Wildman–Crippen LogP) is 10.9. The maximum Gasteiger partial charge on any atom is 0.135 e. The van der Waals surface area contributed by atoms with Crippen LogP contribution in [-0.2, 0) is 26.5 Å². The molecule has 0 bridgehead atoms. The Morgan fingerprint density at radius 3 is 2.40 bits per heavy atom. The summed E-state index contributed by atoms with van der Waals surface area (Å²) in [5, 5.41) is 4.81. The van der Waals surface area contributed by atoms with Gasteiger partial charge in [-0.1, -0.05) is 68.8 Å². The molecule has 3 aromatic heterocycles. The summed E-state index contributed by atoms with van der Waals surface area (Å²) in [5.74, 6) is 2.11. The SMILES string of the molecule is CN1[CH-]N(c2[c-]c(Oc3[c-]c4c(cc3)c3ccccc3n4-c3cc(C(C)(C)C)ccn3)ccc2)c2c1ccc1c2sc2ccccc21.[Pt]. The van der Waals surface area contributed by atoms with Crippen molar-refractivity contribution in [2.45, 2.75) is 26.2 Å². The second kappa shape index (κ2) is 11.5. The third-order valence-electron chi connectivity index (χ3n) is 9.04. The molecule has 0 saturated carbocycles. The maximum absolute atomic E-state index is 6.51. The Hall–Kier alpha value is -4.64. The molecule has 5 nitrogen and oxygen atoms in total. The van der Waals surface area contributed by atoms with E-state index in [0.717, 1.165) is 33.3 Å². The average Bonchev–Trinajstić information content (AvgIpc) is 3.73. The van der Waals surface area contributed by atoms with Crippen LogP contribution < -0.4 is 14.5 Å². The molecule has 0 saturated heterocycles. The Morgan fingerprint density at radius 1 is 0.771 bits per heavy atom. The molecule has 0 N–H and O–H groups in total. The number of hydrogen-bond acceptors (Lipinski definition) is 5. The topological polar surface area (TPSA) is 33.5 Å². The number of fused-ring (bicyclic) bond motifs is 8. The summed E-state index contributed by atoms with van der Waals surface area (Å²) in [6, 6.07) is 43.1. The van der Waals surface area contributed by atoms with Crippen molar-refractivity contribution in [3.05, 3.63) is 134 Å². The third-order valence-corrected chi connectivity index (χ3v) is 10.2. The van der Waals surface area contributed by atoms with Crippen molar-refractivity contribution in [3.8, 4) is 17.3 Å². The van der Waals surface area contributed by atoms with Crippen molar-refractivity contribution in [1.82, 2.24) is 9.55 Å². The summed E-state index contributed by atoms with van der Waals surface area (Å²) in [6.07, 6.45) is 1.90. The number of aromatic nitrogens is 2. The van der Waals surface area contributed by atoms with Gasteiger partial charge in [0.1, 0.15) is 5.82 Å². The van der Waals surface area contributed by atoms with Crippen LogP contribution in [0.15, 0.2) is 109 Å². The number of rotatable bonds is 4. The van der Waals surface area contributed by atoms with Gasteiger partial charge in [-0.25, -0.2) is 4.98 Å². The first-order valence-corrected chi connectivity index (χ1v) is 16.6. The molecule has 0 amide bonds. The first-order valence-electron chi connectivity index (χ1n) is 15.8. The Morgan fingerprint density at radius 2 is 1.54 bits per heavy atom. The van der Waals surface area contributed by atoms with Crippen LogP contribution in [0.3, 0.4) is 0 Å². The van der Waals surface area contributed by atoms with Crippen LogP contribution in [0.4, 0.5) is 17.1 Å². The van der Waals surface area contributed by atoms with Crippen LogP contribution in [-0.4, -0.2) is 16.6 Å². The van der Waals surface area contributed by atoms with Crippen LogP contribution in [0.1, 0.15) is 26.3 Å². The van der Waals surface area contributed by atoms with Gasteiger partial charge in [0.25, 0.3) is 0 Å². The van der Waals surface area contributed by atoms with Crippen molar-refractivity contribution in [2.75, 3.05) is 16.8 Å². The van der Waals surface area contributed by atoms with Crippen molar-refractivity contribution >= 4 is 70.4 Å². The van der Waals surface area contributed by atoms with Crippen molar-refractivity contribution in [3.63, 3.8) is 0 Å². The average molecular weight is 823 g/mol. The predicted molar refractivity (Wildman–Crippen MR) is 196 cm³/mol. The minimum absolute atomic E-state index is 0. The first kappa shape index (κ1) is 30.7. The van der Waals surface area contributed by atoms with Crippen LogP contribution in [0.2, 0.25) is 0 Å². The fraction of sp³-hybridized carbons (Fsp3) is 0.122. The van der Waals surface area contributed by atoms with Gasteiger partial charge >= 0.3 is 0 Å². The van der Waals surface area contributed by atoms with E-state index < -0.39 is 0 Å². The minimum Gasteiger partial charge on any atom is -0.509 e. The zero-order chi connectivity index (χ0) is 31.9. The molecular formula is C41H31N4OPtS-3. The summed E-state index contributed by atoms with van der Waals surface area (Å²) in [4.78, 5) is 9.20. The van der Waals surface area contributed by atoms with E-state index >= 15 is 0 Å². The Balaban J connectivity index is 0.00000336. The van der Waals surface area contributed by atoms with E-state index in [0.29, 0.717) is 11.5 Å². The molecule has 0 spiro atoms. The van der Waals surface area contributed by atoms with E-state index in [1.165, 1.54) is 37.1 Å². The summed E-state index contributed by atoms with van der Waals surface area (Å²) in [7, 11) is 2.09. The monoisotopic (exact) mass is 822 g/mol. The molecular weight excluding hydrogens is 792 g/mol. The molecule has 5 aromatic carbocycles. The number of thiophene rings is 1. The van der Waals surface area contributed by atoms with Crippen molar-refractivity contribution < 1.29 is 25.8 Å². The molecule has 0 fully saturated rings. The van der Waals surface area contributed by atoms with Crippen molar-refractivity contribution in [2.24, 2.45) is 0 Å². The van der Waals surface area contributed by atoms with E-state index in [-0.39, 0.29) is 26.5 Å². The maximum atomic E-state index is 6.51. The van der Waals surface area contributed by atoms with Crippen molar-refractivity contribution in [1.29, 1.82) is 0 Å². The molecule has 7 heteroatoms. The van der Waals surface area contributed by atoms with E-state index in [1.54, 1.807) is 0 Å². The number of ether oxygens (including phenoxy) is 1. The molecule has 1 aliphatic rings. The Bertz CT molecular complexity index is 2510. The van der Waals surface area contributed by atoms with Gasteiger partial charge in [0.05, 0.1) is 10.4 Å². The molecule has 0 aliphatic carbocycles. The van der Waals surface area contributed by atoms with E-state index in [1.807, 2.05) is 35.7 Å². The zero-order valence-electron chi connectivity index (χ0n) is 26.9.